The number of nitrogens with zero attached hydrogens (tertiary/aromatic N) is 1. The topological polar surface area (TPSA) is 28.8 Å². The normalized spacial score (nSPS) is 10.8. The van der Waals surface area contributed by atoms with E-state index in [4.69, 9.17) is 5.41 Å². The fraction of sp³-hybridized carbons (Fsp3) is 0.222. The van der Waals surface area contributed by atoms with Crippen LogP contribution in [0, 0.1) is 12.3 Å². The highest BCUT2D eigenvalue weighted by molar-refractivity contribution is 7.16. The number of fused-ring (bicyclic) bond motifs is 1. The Morgan fingerprint density at radius 2 is 2.17 bits per heavy atom. The van der Waals surface area contributed by atoms with Gasteiger partial charge in [0.25, 0.3) is 0 Å². The van der Waals surface area contributed by atoms with Gasteiger partial charge in [-0.2, -0.15) is 0 Å². The van der Waals surface area contributed by atoms with Crippen LogP contribution in [0.15, 0.2) is 18.2 Å². The molecule has 0 aliphatic heterocycles. The number of hydrogen-bond donors (Lipinski definition) is 1. The molecular weight excluding hydrogens is 168 g/mol. The fourth-order valence-electron chi connectivity index (χ4n) is 1.42. The van der Waals surface area contributed by atoms with Crippen LogP contribution < -0.4 is 4.80 Å². The van der Waals surface area contributed by atoms with Crippen LogP contribution in [0.5, 0.6) is 0 Å². The molecule has 0 amide bonds. The van der Waals surface area contributed by atoms with E-state index in [9.17, 15) is 0 Å². The Morgan fingerprint density at radius 1 is 1.42 bits per heavy atom. The van der Waals surface area contributed by atoms with E-state index >= 15 is 0 Å². The number of aryl methyl sites for hydroxylation is 2. The zero-order chi connectivity index (χ0) is 8.72. The van der Waals surface area contributed by atoms with Crippen molar-refractivity contribution in [3.8, 4) is 0 Å². The van der Waals surface area contributed by atoms with Gasteiger partial charge in [-0.15, -0.1) is 0 Å². The second kappa shape index (κ2) is 2.45. The van der Waals surface area contributed by atoms with Crippen LogP contribution in [0.1, 0.15) is 5.56 Å². The molecule has 2 aromatic rings. The van der Waals surface area contributed by atoms with Crippen molar-refractivity contribution in [1.82, 2.24) is 4.57 Å². The van der Waals surface area contributed by atoms with E-state index in [2.05, 4.69) is 19.1 Å². The first kappa shape index (κ1) is 7.55. The molecule has 1 heterocycles. The number of rotatable bonds is 0. The highest BCUT2D eigenvalue weighted by Crippen LogP contribution is 2.19. The summed E-state index contributed by atoms with van der Waals surface area (Å²) in [5.41, 5.74) is 2.43. The third kappa shape index (κ3) is 0.898. The summed E-state index contributed by atoms with van der Waals surface area (Å²) in [5, 5.41) is 7.63. The Bertz CT molecular complexity index is 479. The summed E-state index contributed by atoms with van der Waals surface area (Å²) in [5.74, 6) is 0. The number of thiazole rings is 1. The van der Waals surface area contributed by atoms with Crippen molar-refractivity contribution in [2.24, 2.45) is 7.05 Å². The minimum Gasteiger partial charge on any atom is -0.320 e. The van der Waals surface area contributed by atoms with Gasteiger partial charge in [-0.3, -0.25) is 5.41 Å². The van der Waals surface area contributed by atoms with Gasteiger partial charge in [0.1, 0.15) is 0 Å². The molecule has 2 nitrogen and oxygen atoms in total. The van der Waals surface area contributed by atoms with Gasteiger partial charge in [0, 0.05) is 7.05 Å². The van der Waals surface area contributed by atoms with E-state index in [-0.39, 0.29) is 0 Å². The number of para-hydroxylation sites is 1. The van der Waals surface area contributed by atoms with Crippen molar-refractivity contribution in [3.05, 3.63) is 28.6 Å². The second-order valence-electron chi connectivity index (χ2n) is 2.89. The molecule has 62 valence electrons. The van der Waals surface area contributed by atoms with Crippen molar-refractivity contribution < 1.29 is 0 Å². The fourth-order valence-corrected chi connectivity index (χ4v) is 2.40. The number of hydrogen-bond acceptors (Lipinski definition) is 2. The van der Waals surface area contributed by atoms with Crippen molar-refractivity contribution in [2.75, 3.05) is 0 Å². The van der Waals surface area contributed by atoms with E-state index in [0.29, 0.717) is 4.80 Å². The maximum Gasteiger partial charge on any atom is 0.182 e. The second-order valence-corrected chi connectivity index (χ2v) is 3.92. The van der Waals surface area contributed by atoms with Gasteiger partial charge < -0.3 is 4.57 Å². The first-order chi connectivity index (χ1) is 5.70. The molecule has 3 heteroatoms. The summed E-state index contributed by atoms with van der Waals surface area (Å²) in [6.07, 6.45) is 0. The smallest absolute Gasteiger partial charge is 0.182 e. The molecular formula is C9H10N2S. The first-order valence-electron chi connectivity index (χ1n) is 3.80. The molecule has 0 aliphatic carbocycles. The van der Waals surface area contributed by atoms with E-state index in [1.54, 1.807) is 0 Å². The lowest BCUT2D eigenvalue weighted by Gasteiger charge is -1.97. The lowest BCUT2D eigenvalue weighted by Crippen LogP contribution is -2.07. The summed E-state index contributed by atoms with van der Waals surface area (Å²) >= 11 is 1.52. The molecule has 1 aromatic heterocycles. The van der Waals surface area contributed by atoms with E-state index in [1.807, 2.05) is 17.7 Å². The predicted octanol–water partition coefficient (Wildman–Crippen LogP) is 2.03. The van der Waals surface area contributed by atoms with Gasteiger partial charge in [-0.25, -0.2) is 0 Å². The lowest BCUT2D eigenvalue weighted by molar-refractivity contribution is 0.890. The molecule has 0 saturated heterocycles. The van der Waals surface area contributed by atoms with E-state index < -0.39 is 0 Å². The molecule has 0 saturated carbocycles. The van der Waals surface area contributed by atoms with Crippen molar-refractivity contribution in [2.45, 2.75) is 6.92 Å². The summed E-state index contributed by atoms with van der Waals surface area (Å²) in [4.78, 5) is 0.610. The third-order valence-corrected chi connectivity index (χ3v) is 3.06. The summed E-state index contributed by atoms with van der Waals surface area (Å²) in [7, 11) is 1.94. The Balaban J connectivity index is 3.07. The van der Waals surface area contributed by atoms with Gasteiger partial charge >= 0.3 is 0 Å². The predicted molar refractivity (Wildman–Crippen MR) is 51.4 cm³/mol. The quantitative estimate of drug-likeness (QED) is 0.639. The number of aromatic nitrogens is 1. The molecule has 0 atom stereocenters. The molecule has 0 radical (unpaired) electrons. The molecule has 0 fully saturated rings. The number of benzene rings is 1. The maximum absolute atomic E-state index is 7.63. The van der Waals surface area contributed by atoms with Crippen LogP contribution >= 0.6 is 11.3 Å². The summed E-state index contributed by atoms with van der Waals surface area (Å²) in [6, 6.07) is 6.17. The Hall–Kier alpha value is -1.09. The first-order valence-corrected chi connectivity index (χ1v) is 4.61. The summed E-state index contributed by atoms with van der Waals surface area (Å²) in [6.45, 7) is 2.08. The molecule has 12 heavy (non-hydrogen) atoms. The van der Waals surface area contributed by atoms with Crippen LogP contribution in [0.2, 0.25) is 0 Å². The van der Waals surface area contributed by atoms with Gasteiger partial charge in [0.05, 0.1) is 10.2 Å². The van der Waals surface area contributed by atoms with Gasteiger partial charge in [0.15, 0.2) is 4.80 Å². The minimum absolute atomic E-state index is 0.610. The molecule has 0 unspecified atom stereocenters. The minimum atomic E-state index is 0.610. The summed E-state index contributed by atoms with van der Waals surface area (Å²) < 4.78 is 3.12. The highest BCUT2D eigenvalue weighted by atomic mass is 32.1. The largest absolute Gasteiger partial charge is 0.320 e. The average molecular weight is 178 g/mol. The standard InChI is InChI=1S/C9H10N2S/c1-6-4-3-5-7-8(6)11(2)9(10)12-7/h3-5,10H,1-2H3. The lowest BCUT2D eigenvalue weighted by atomic mass is 10.2. The molecule has 0 spiro atoms. The van der Waals surface area contributed by atoms with Crippen molar-refractivity contribution in [1.29, 1.82) is 5.41 Å². The third-order valence-electron chi connectivity index (χ3n) is 2.05. The van der Waals surface area contributed by atoms with Crippen molar-refractivity contribution >= 4 is 21.6 Å². The zero-order valence-corrected chi connectivity index (χ0v) is 7.90. The number of nitrogens with one attached hydrogen (secondary N) is 1. The van der Waals surface area contributed by atoms with Crippen LogP contribution in [0.4, 0.5) is 0 Å². The van der Waals surface area contributed by atoms with Gasteiger partial charge in [-0.1, -0.05) is 23.5 Å². The molecule has 1 aromatic carbocycles. The van der Waals surface area contributed by atoms with Crippen LogP contribution in [0.25, 0.3) is 10.2 Å². The maximum atomic E-state index is 7.63. The van der Waals surface area contributed by atoms with E-state index in [1.165, 1.54) is 27.1 Å². The molecule has 1 N–H and O–H groups in total. The van der Waals surface area contributed by atoms with Gasteiger partial charge in [-0.05, 0) is 18.6 Å². The Labute approximate surface area is 74.6 Å². The average Bonchev–Trinajstić information content (AvgIpc) is 2.29. The van der Waals surface area contributed by atoms with E-state index in [0.717, 1.165) is 0 Å². The zero-order valence-electron chi connectivity index (χ0n) is 7.09. The molecule has 0 aliphatic rings. The highest BCUT2D eigenvalue weighted by Gasteiger charge is 2.02. The molecule has 2 rings (SSSR count). The van der Waals surface area contributed by atoms with Crippen LogP contribution in [0.3, 0.4) is 0 Å². The molecule has 0 bridgehead atoms. The Morgan fingerprint density at radius 3 is 2.83 bits per heavy atom. The van der Waals surface area contributed by atoms with Crippen molar-refractivity contribution in [3.63, 3.8) is 0 Å². The Kier molecular flexibility index (Phi) is 1.54. The van der Waals surface area contributed by atoms with Crippen LogP contribution in [-0.4, -0.2) is 4.57 Å². The monoisotopic (exact) mass is 178 g/mol. The van der Waals surface area contributed by atoms with Gasteiger partial charge in [0.2, 0.25) is 0 Å². The van der Waals surface area contributed by atoms with Crippen LogP contribution in [-0.2, 0) is 7.05 Å². The SMILES string of the molecule is Cc1cccc2sc(=N)n(C)c12.